The number of benzene rings is 1. The molecule has 2 N–H and O–H groups in total. The summed E-state index contributed by atoms with van der Waals surface area (Å²) in [4.78, 5) is 31.2. The molecule has 1 aliphatic heterocycles. The van der Waals surface area contributed by atoms with Gasteiger partial charge in [-0.3, -0.25) is 13.8 Å². The lowest BCUT2D eigenvalue weighted by Gasteiger charge is -2.24. The van der Waals surface area contributed by atoms with Crippen LogP contribution in [0.2, 0.25) is 10.0 Å². The Morgan fingerprint density at radius 2 is 1.90 bits per heavy atom. The highest BCUT2D eigenvalue weighted by molar-refractivity contribution is 7.86. The fraction of sp³-hybridized carbons (Fsp3) is 0.407. The molecule has 1 aromatic carbocycles. The van der Waals surface area contributed by atoms with E-state index in [0.29, 0.717) is 33.7 Å². The monoisotopic (exact) mass is 591 g/mol. The quantitative estimate of drug-likeness (QED) is 0.335. The van der Waals surface area contributed by atoms with Gasteiger partial charge in [0.2, 0.25) is 5.88 Å². The standard InChI is InChI=1S/C27H31Cl2N5O4S/c1-15(2)7-8-17(4)31-26(35)20-11-18(28)10-16(3)24(20)32-27(36)22-12-23(38-19-13-39(37)14-19)33-34(22)25-21(29)6-5-9-30-25/h5-6,9-12,15,17,19H,7-8,13-14H2,1-4H3,(H,31,35)(H,32,36). The van der Waals surface area contributed by atoms with Gasteiger partial charge in [-0.15, -0.1) is 5.10 Å². The normalized spacial score (nSPS) is 17.4. The van der Waals surface area contributed by atoms with Gasteiger partial charge in [0.25, 0.3) is 11.8 Å². The van der Waals surface area contributed by atoms with E-state index in [1.165, 1.54) is 23.0 Å². The van der Waals surface area contributed by atoms with Gasteiger partial charge in [0, 0.05) is 34.1 Å². The van der Waals surface area contributed by atoms with E-state index < -0.39 is 16.7 Å². The summed E-state index contributed by atoms with van der Waals surface area (Å²) >= 11 is 12.7. The molecule has 0 bridgehead atoms. The van der Waals surface area contributed by atoms with Gasteiger partial charge in [-0.2, -0.15) is 0 Å². The number of halogens is 2. The Morgan fingerprint density at radius 3 is 2.56 bits per heavy atom. The van der Waals surface area contributed by atoms with Gasteiger partial charge in [-0.1, -0.05) is 37.0 Å². The van der Waals surface area contributed by atoms with E-state index in [4.69, 9.17) is 27.9 Å². The number of pyridine rings is 1. The summed E-state index contributed by atoms with van der Waals surface area (Å²) in [5, 5.41) is 10.9. The van der Waals surface area contributed by atoms with Crippen LogP contribution in [0, 0.1) is 12.8 Å². The molecule has 2 aromatic heterocycles. The van der Waals surface area contributed by atoms with Crippen molar-refractivity contribution >= 4 is 51.5 Å². The third-order valence-electron chi connectivity index (χ3n) is 6.23. The lowest BCUT2D eigenvalue weighted by atomic mass is 10.0. The largest absolute Gasteiger partial charge is 0.471 e. The molecular formula is C27H31Cl2N5O4S. The topological polar surface area (TPSA) is 115 Å². The number of ether oxygens (including phenoxy) is 1. The van der Waals surface area contributed by atoms with E-state index in [2.05, 4.69) is 34.6 Å². The molecule has 208 valence electrons. The van der Waals surface area contributed by atoms with E-state index >= 15 is 0 Å². The summed E-state index contributed by atoms with van der Waals surface area (Å²) in [5.74, 6) is 0.840. The fourth-order valence-electron chi connectivity index (χ4n) is 4.10. The number of hydrogen-bond donors (Lipinski definition) is 2. The lowest BCUT2D eigenvalue weighted by Crippen LogP contribution is -2.41. The van der Waals surface area contributed by atoms with Crippen molar-refractivity contribution in [3.8, 4) is 11.7 Å². The van der Waals surface area contributed by atoms with Crippen LogP contribution in [0.5, 0.6) is 5.88 Å². The highest BCUT2D eigenvalue weighted by Crippen LogP contribution is 2.29. The zero-order chi connectivity index (χ0) is 28.3. The zero-order valence-electron chi connectivity index (χ0n) is 22.2. The maximum absolute atomic E-state index is 13.7. The molecule has 0 spiro atoms. The smallest absolute Gasteiger partial charge is 0.274 e. The number of nitrogens with zero attached hydrogens (tertiary/aromatic N) is 3. The number of aryl methyl sites for hydroxylation is 1. The molecule has 12 heteroatoms. The summed E-state index contributed by atoms with van der Waals surface area (Å²) in [5.41, 5.74) is 1.29. The first kappa shape index (κ1) is 29.0. The van der Waals surface area contributed by atoms with Crippen molar-refractivity contribution in [3.63, 3.8) is 0 Å². The highest BCUT2D eigenvalue weighted by Gasteiger charge is 2.30. The van der Waals surface area contributed by atoms with Crippen LogP contribution in [0.4, 0.5) is 5.69 Å². The average Bonchev–Trinajstić information content (AvgIpc) is 3.27. The van der Waals surface area contributed by atoms with Crippen molar-refractivity contribution in [2.75, 3.05) is 16.8 Å². The summed E-state index contributed by atoms with van der Waals surface area (Å²) in [6.07, 6.45) is 3.08. The van der Waals surface area contributed by atoms with Crippen molar-refractivity contribution in [1.29, 1.82) is 0 Å². The number of amides is 2. The molecule has 0 aliphatic carbocycles. The Bertz CT molecular complexity index is 1400. The van der Waals surface area contributed by atoms with Crippen LogP contribution in [0.1, 0.15) is 60.0 Å². The Balaban J connectivity index is 1.64. The minimum absolute atomic E-state index is 0.0592. The summed E-state index contributed by atoms with van der Waals surface area (Å²) in [7, 11) is -0.911. The number of aromatic nitrogens is 3. The Labute approximate surface area is 240 Å². The number of nitrogens with one attached hydrogen (secondary N) is 2. The molecule has 0 saturated carbocycles. The van der Waals surface area contributed by atoms with Crippen LogP contribution in [0.15, 0.2) is 36.5 Å². The molecule has 3 aromatic rings. The molecule has 4 rings (SSSR count). The first-order valence-corrected chi connectivity index (χ1v) is 14.9. The second kappa shape index (κ2) is 12.5. The molecule has 3 heterocycles. The number of carbonyl (C=O) groups excluding carboxylic acids is 2. The number of rotatable bonds is 10. The minimum Gasteiger partial charge on any atom is -0.471 e. The highest BCUT2D eigenvalue weighted by atomic mass is 35.5. The van der Waals surface area contributed by atoms with Crippen LogP contribution in [-0.4, -0.2) is 54.4 Å². The molecule has 9 nitrogen and oxygen atoms in total. The molecule has 0 radical (unpaired) electrons. The zero-order valence-corrected chi connectivity index (χ0v) is 24.5. The number of hydrogen-bond acceptors (Lipinski definition) is 6. The van der Waals surface area contributed by atoms with Gasteiger partial charge >= 0.3 is 0 Å². The molecule has 2 amide bonds. The molecule has 1 aliphatic rings. The number of anilines is 1. The van der Waals surface area contributed by atoms with E-state index in [0.717, 1.165) is 12.8 Å². The summed E-state index contributed by atoms with van der Waals surface area (Å²) in [6, 6.07) is 7.92. The molecule has 1 saturated heterocycles. The van der Waals surface area contributed by atoms with Crippen molar-refractivity contribution in [3.05, 3.63) is 63.4 Å². The van der Waals surface area contributed by atoms with Crippen molar-refractivity contribution in [1.82, 2.24) is 20.1 Å². The molecule has 39 heavy (non-hydrogen) atoms. The van der Waals surface area contributed by atoms with E-state index in [-0.39, 0.29) is 46.0 Å². The predicted octanol–water partition coefficient (Wildman–Crippen LogP) is 5.20. The Kier molecular flexibility index (Phi) is 9.30. The van der Waals surface area contributed by atoms with Crippen LogP contribution in [-0.2, 0) is 10.8 Å². The lowest BCUT2D eigenvalue weighted by molar-refractivity contribution is 0.0938. The average molecular weight is 593 g/mol. The second-order valence-corrected chi connectivity index (χ2v) is 12.4. The predicted molar refractivity (Wildman–Crippen MR) is 154 cm³/mol. The van der Waals surface area contributed by atoms with E-state index in [1.807, 2.05) is 6.92 Å². The van der Waals surface area contributed by atoms with E-state index in [1.54, 1.807) is 25.1 Å². The van der Waals surface area contributed by atoms with Crippen molar-refractivity contribution in [2.24, 2.45) is 5.92 Å². The minimum atomic E-state index is -0.911. The second-order valence-electron chi connectivity index (χ2n) is 10.0. The Hall–Kier alpha value is -2.95. The van der Waals surface area contributed by atoms with Gasteiger partial charge in [0.1, 0.15) is 11.8 Å². The van der Waals surface area contributed by atoms with Gasteiger partial charge in [-0.25, -0.2) is 9.67 Å². The van der Waals surface area contributed by atoms with Gasteiger partial charge < -0.3 is 15.4 Å². The fourth-order valence-corrected chi connectivity index (χ4v) is 5.44. The first-order chi connectivity index (χ1) is 18.5. The van der Waals surface area contributed by atoms with Crippen molar-refractivity contribution < 1.29 is 18.5 Å². The number of carbonyl (C=O) groups is 2. The first-order valence-electron chi connectivity index (χ1n) is 12.7. The summed E-state index contributed by atoms with van der Waals surface area (Å²) in [6.45, 7) is 7.98. The van der Waals surface area contributed by atoms with E-state index in [9.17, 15) is 13.8 Å². The van der Waals surface area contributed by atoms with Crippen LogP contribution in [0.25, 0.3) is 5.82 Å². The Morgan fingerprint density at radius 1 is 1.15 bits per heavy atom. The molecular weight excluding hydrogens is 561 g/mol. The maximum Gasteiger partial charge on any atom is 0.274 e. The third-order valence-corrected chi connectivity index (χ3v) is 8.23. The van der Waals surface area contributed by atoms with Crippen LogP contribution < -0.4 is 15.4 Å². The molecule has 1 fully saturated rings. The van der Waals surface area contributed by atoms with Gasteiger partial charge in [0.05, 0.1) is 27.8 Å². The van der Waals surface area contributed by atoms with Crippen LogP contribution >= 0.6 is 23.2 Å². The summed E-state index contributed by atoms with van der Waals surface area (Å²) < 4.78 is 18.6. The van der Waals surface area contributed by atoms with Crippen LogP contribution in [0.3, 0.4) is 0 Å². The van der Waals surface area contributed by atoms with Crippen molar-refractivity contribution in [2.45, 2.75) is 52.7 Å². The third kappa shape index (κ3) is 7.17. The SMILES string of the molecule is Cc1cc(Cl)cc(C(=O)NC(C)CCC(C)C)c1NC(=O)c1cc(OC2CS(=O)C2)nn1-c1ncccc1Cl. The molecule has 1 unspecified atom stereocenters. The van der Waals surface area contributed by atoms with Gasteiger partial charge in [-0.05, 0) is 62.4 Å². The molecule has 1 atom stereocenters. The maximum atomic E-state index is 13.7. The van der Waals surface area contributed by atoms with Gasteiger partial charge in [0.15, 0.2) is 5.82 Å².